The summed E-state index contributed by atoms with van der Waals surface area (Å²) in [5.41, 5.74) is 13.1. The van der Waals surface area contributed by atoms with E-state index < -0.39 is 3.93 Å². The molecule has 1 aliphatic heterocycles. The van der Waals surface area contributed by atoms with Crippen LogP contribution >= 0.6 is 45.9 Å². The maximum absolute atomic E-state index is 3.94. The van der Waals surface area contributed by atoms with Crippen LogP contribution in [-0.2, 0) is 0 Å². The zero-order valence-electron chi connectivity index (χ0n) is 23.4. The van der Waals surface area contributed by atoms with E-state index in [-0.39, 0.29) is 0 Å². The lowest BCUT2D eigenvalue weighted by Gasteiger charge is -2.35. The van der Waals surface area contributed by atoms with Gasteiger partial charge in [-0.15, -0.1) is 0 Å². The molecule has 1 aliphatic rings. The molecule has 0 radical (unpaired) electrons. The van der Waals surface area contributed by atoms with Crippen LogP contribution in [0.1, 0.15) is 115 Å². The second-order valence-corrected chi connectivity index (χ2v) is 33.3. The molecule has 0 aromatic heterocycles. The molecule has 0 amide bonds. The van der Waals surface area contributed by atoms with Gasteiger partial charge < -0.3 is 0 Å². The van der Waals surface area contributed by atoms with Gasteiger partial charge in [0.2, 0.25) is 0 Å². The van der Waals surface area contributed by atoms with Crippen molar-refractivity contribution in [2.45, 2.75) is 92.9 Å². The van der Waals surface area contributed by atoms with Gasteiger partial charge in [0.1, 0.15) is 5.82 Å². The highest BCUT2D eigenvalue weighted by Crippen LogP contribution is 2.49. The van der Waals surface area contributed by atoms with Gasteiger partial charge in [0, 0.05) is 11.4 Å². The first-order chi connectivity index (χ1) is 16.7. The molecule has 2 aromatic carbocycles. The summed E-state index contributed by atoms with van der Waals surface area (Å²) in [6.45, 7) is 23.0. The minimum Gasteiger partial charge on any atom is -0.298 e. The fraction of sp³-hybridized carbons (Fsp3) is 0.467. The van der Waals surface area contributed by atoms with Gasteiger partial charge in [-0.25, -0.2) is 0 Å². The number of halogens is 3. The third-order valence-electron chi connectivity index (χ3n) is 7.08. The molecule has 0 saturated carbocycles. The Hall–Kier alpha value is -0.823. The molecule has 196 valence electrons. The van der Waals surface area contributed by atoms with Crippen molar-refractivity contribution in [2.24, 2.45) is 0 Å². The number of nitrogens with zero attached hydrogens (tertiary/aromatic N) is 2. The first-order valence-corrected chi connectivity index (χ1v) is 21.8. The zero-order chi connectivity index (χ0) is 27.1. The maximum atomic E-state index is 3.94. The molecular weight excluding hydrogens is 656 g/mol. The summed E-state index contributed by atoms with van der Waals surface area (Å²) < 4.78 is -2.14. The van der Waals surface area contributed by atoms with Crippen LogP contribution in [0.15, 0.2) is 59.3 Å². The van der Waals surface area contributed by atoms with Crippen LogP contribution in [-0.4, -0.2) is 3.93 Å². The fourth-order valence-electron chi connectivity index (χ4n) is 5.15. The van der Waals surface area contributed by atoms with E-state index in [4.69, 9.17) is 0 Å². The van der Waals surface area contributed by atoms with Crippen molar-refractivity contribution < 1.29 is 0 Å². The minimum atomic E-state index is -2.14. The highest BCUT2D eigenvalue weighted by Gasteiger charge is 2.39. The van der Waals surface area contributed by atoms with Gasteiger partial charge in [-0.2, -0.15) is 0 Å². The molecule has 0 unspecified atom stereocenters. The van der Waals surface area contributed by atoms with Gasteiger partial charge in [0.25, 0.3) is 3.93 Å². The van der Waals surface area contributed by atoms with Crippen molar-refractivity contribution in [1.82, 2.24) is 0 Å². The standard InChI is InChI=1S/C30H41Br3N2Si/c1-18(2)24-13-11-14-25(19(3)4)29(24)34-22(9)23(10)35(28(34)17-36(31,32)33)30-26(20(5)6)15-12-16-27(30)21(7)8/h11-21H,1-10H3. The molecule has 0 atom stereocenters. The van der Waals surface area contributed by atoms with Crippen molar-refractivity contribution in [2.75, 3.05) is 9.80 Å². The smallest absolute Gasteiger partial charge is 0.294 e. The molecule has 1 heterocycles. The fourth-order valence-corrected chi connectivity index (χ4v) is 7.54. The van der Waals surface area contributed by atoms with Crippen LogP contribution in [0.5, 0.6) is 0 Å². The minimum absolute atomic E-state index is 0.412. The average molecular weight is 697 g/mol. The lowest BCUT2D eigenvalue weighted by molar-refractivity contribution is 0.817. The van der Waals surface area contributed by atoms with Crippen LogP contribution in [0.2, 0.25) is 0 Å². The molecule has 36 heavy (non-hydrogen) atoms. The van der Waals surface area contributed by atoms with Gasteiger partial charge in [-0.1, -0.05) is 138 Å². The maximum Gasteiger partial charge on any atom is 0.294 e. The van der Waals surface area contributed by atoms with E-state index in [9.17, 15) is 0 Å². The summed E-state index contributed by atoms with van der Waals surface area (Å²) in [5.74, 6) is 2.84. The van der Waals surface area contributed by atoms with Crippen LogP contribution in [0.3, 0.4) is 0 Å². The monoisotopic (exact) mass is 694 g/mol. The van der Waals surface area contributed by atoms with Gasteiger partial charge >= 0.3 is 0 Å². The second kappa shape index (κ2) is 11.5. The van der Waals surface area contributed by atoms with Crippen LogP contribution in [0.25, 0.3) is 0 Å². The Kier molecular flexibility index (Phi) is 9.50. The van der Waals surface area contributed by atoms with E-state index in [1.165, 1.54) is 50.8 Å². The number of anilines is 2. The normalized spacial score (nSPS) is 15.0. The van der Waals surface area contributed by atoms with Crippen molar-refractivity contribution in [1.29, 1.82) is 0 Å². The van der Waals surface area contributed by atoms with E-state index >= 15 is 0 Å². The van der Waals surface area contributed by atoms with E-state index in [2.05, 4.69) is 167 Å². The Morgan fingerprint density at radius 1 is 0.583 bits per heavy atom. The van der Waals surface area contributed by atoms with Crippen LogP contribution in [0, 0.1) is 0 Å². The van der Waals surface area contributed by atoms with Gasteiger partial charge in [-0.05, 0) is 65.5 Å². The van der Waals surface area contributed by atoms with E-state index in [1.54, 1.807) is 0 Å². The predicted octanol–water partition coefficient (Wildman–Crippen LogP) is 11.3. The number of benzene rings is 2. The molecule has 0 N–H and O–H groups in total. The molecule has 2 nitrogen and oxygen atoms in total. The molecule has 0 spiro atoms. The Bertz CT molecular complexity index is 1040. The van der Waals surface area contributed by atoms with Crippen molar-refractivity contribution in [3.63, 3.8) is 0 Å². The first-order valence-electron chi connectivity index (χ1n) is 13.0. The zero-order valence-corrected chi connectivity index (χ0v) is 29.1. The van der Waals surface area contributed by atoms with Crippen molar-refractivity contribution >= 4 is 61.2 Å². The van der Waals surface area contributed by atoms with E-state index in [1.807, 2.05) is 0 Å². The molecule has 0 aliphatic carbocycles. The van der Waals surface area contributed by atoms with Gasteiger partial charge in [0.05, 0.1) is 11.4 Å². The number of hydrogen-bond donors (Lipinski definition) is 0. The van der Waals surface area contributed by atoms with Gasteiger partial charge in [-0.3, -0.25) is 9.80 Å². The summed E-state index contributed by atoms with van der Waals surface area (Å²) in [7, 11) is 0. The number of hydrogen-bond acceptors (Lipinski definition) is 2. The largest absolute Gasteiger partial charge is 0.298 e. The Balaban J connectivity index is 2.45. The Morgan fingerprint density at radius 2 is 0.861 bits per heavy atom. The quantitative estimate of drug-likeness (QED) is 0.210. The lowest BCUT2D eigenvalue weighted by atomic mass is 9.91. The number of rotatable bonds is 7. The third-order valence-corrected chi connectivity index (χ3v) is 9.72. The molecule has 3 rings (SSSR count). The molecule has 0 saturated heterocycles. The molecule has 2 aromatic rings. The van der Waals surface area contributed by atoms with E-state index in [0.29, 0.717) is 23.7 Å². The summed E-state index contributed by atoms with van der Waals surface area (Å²) in [6, 6.07) is 13.7. The summed E-state index contributed by atoms with van der Waals surface area (Å²) in [6.07, 6.45) is 0. The van der Waals surface area contributed by atoms with Crippen molar-refractivity contribution in [3.8, 4) is 0 Å². The molecule has 0 bridgehead atoms. The number of allylic oxidation sites excluding steroid dienone is 2. The second-order valence-electron chi connectivity index (χ2n) is 11.1. The Morgan fingerprint density at radius 3 is 1.08 bits per heavy atom. The third kappa shape index (κ3) is 5.92. The van der Waals surface area contributed by atoms with Gasteiger partial charge in [0.15, 0.2) is 0 Å². The predicted molar refractivity (Wildman–Crippen MR) is 173 cm³/mol. The highest BCUT2D eigenvalue weighted by molar-refractivity contribution is 9.72. The average Bonchev–Trinajstić information content (AvgIpc) is 3.00. The summed E-state index contributed by atoms with van der Waals surface area (Å²) in [4.78, 5) is 5.04. The summed E-state index contributed by atoms with van der Waals surface area (Å²) >= 11 is 11.8. The summed E-state index contributed by atoms with van der Waals surface area (Å²) in [5, 5.41) is 0. The Labute approximate surface area is 244 Å². The molecule has 0 fully saturated rings. The lowest BCUT2D eigenvalue weighted by Crippen LogP contribution is -2.30. The SMILES string of the molecule is CC1=C(C)N(c2c(C(C)C)cccc2C(C)C)C(=C[Si](Br)(Br)Br)N1c1c(C(C)C)cccc1C(C)C. The highest BCUT2D eigenvalue weighted by atomic mass is 80.0. The molecular formula is C30H41Br3N2Si. The van der Waals surface area contributed by atoms with Crippen LogP contribution in [0.4, 0.5) is 11.4 Å². The van der Waals surface area contributed by atoms with Crippen LogP contribution < -0.4 is 9.80 Å². The van der Waals surface area contributed by atoms with E-state index in [0.717, 1.165) is 0 Å². The topological polar surface area (TPSA) is 6.48 Å². The molecule has 6 heteroatoms. The first kappa shape index (κ1) is 29.7. The number of para-hydroxylation sites is 2. The van der Waals surface area contributed by atoms with Crippen molar-refractivity contribution in [3.05, 3.63) is 81.6 Å².